The number of ether oxygens (including phenoxy) is 1. The third-order valence-corrected chi connectivity index (χ3v) is 6.35. The average Bonchev–Trinajstić information content (AvgIpc) is 2.87. The van der Waals surface area contributed by atoms with Crippen molar-refractivity contribution in [2.75, 3.05) is 56.5 Å². The van der Waals surface area contributed by atoms with Crippen molar-refractivity contribution < 1.29 is 9.84 Å². The summed E-state index contributed by atoms with van der Waals surface area (Å²) in [5.41, 5.74) is 2.62. The molecule has 2 aromatic heterocycles. The van der Waals surface area contributed by atoms with Crippen molar-refractivity contribution >= 4 is 17.5 Å². The van der Waals surface area contributed by atoms with Crippen LogP contribution in [0.1, 0.15) is 12.8 Å². The second-order valence-electron chi connectivity index (χ2n) is 8.83. The molecule has 0 unspecified atom stereocenters. The number of phenols is 1. The van der Waals surface area contributed by atoms with Crippen molar-refractivity contribution in [3.8, 4) is 22.8 Å². The third kappa shape index (κ3) is 5.37. The number of nitrogens with zero attached hydrogens (tertiary/aromatic N) is 5. The standard InChI is InChI=1S/C25H31N7O2/c1-31-12-14-32(15-13-31)19-3-5-24(28-17-19)30-25-27-11-8-21(29-25)18-2-4-23(22(33)16-18)34-20-6-9-26-10-7-20/h2-5,8,11,16-17,20,26,33H,6-7,9-10,12-15H2,1H3,(H,27,28,29,30). The molecule has 9 nitrogen and oxygen atoms in total. The molecule has 2 aliphatic rings. The molecule has 0 saturated carbocycles. The highest BCUT2D eigenvalue weighted by molar-refractivity contribution is 5.65. The van der Waals surface area contributed by atoms with Crippen LogP contribution in [0.5, 0.6) is 11.5 Å². The molecule has 5 rings (SSSR count). The number of rotatable bonds is 6. The molecule has 1 aromatic carbocycles. The minimum Gasteiger partial charge on any atom is -0.504 e. The highest BCUT2D eigenvalue weighted by atomic mass is 16.5. The lowest BCUT2D eigenvalue weighted by Crippen LogP contribution is -2.44. The van der Waals surface area contributed by atoms with Crippen LogP contribution in [0.4, 0.5) is 17.5 Å². The van der Waals surface area contributed by atoms with Gasteiger partial charge in [0.05, 0.1) is 17.6 Å². The average molecular weight is 462 g/mol. The lowest BCUT2D eigenvalue weighted by atomic mass is 10.1. The summed E-state index contributed by atoms with van der Waals surface area (Å²) < 4.78 is 5.99. The van der Waals surface area contributed by atoms with E-state index in [-0.39, 0.29) is 11.9 Å². The molecule has 0 radical (unpaired) electrons. The maximum absolute atomic E-state index is 10.5. The SMILES string of the molecule is CN1CCN(c2ccc(Nc3nccc(-c4ccc(OC5CCNCC5)c(O)c4)n3)nc2)CC1. The molecule has 0 bridgehead atoms. The molecule has 2 aliphatic heterocycles. The van der Waals surface area contributed by atoms with Crippen LogP contribution in [-0.2, 0) is 0 Å². The third-order valence-electron chi connectivity index (χ3n) is 6.35. The number of likely N-dealkylation sites (N-methyl/N-ethyl adjacent to an activating group) is 1. The molecule has 0 aliphatic carbocycles. The zero-order valence-electron chi connectivity index (χ0n) is 19.4. The number of nitrogens with one attached hydrogen (secondary N) is 2. The van der Waals surface area contributed by atoms with Crippen molar-refractivity contribution in [1.29, 1.82) is 0 Å². The summed E-state index contributed by atoms with van der Waals surface area (Å²) in [4.78, 5) is 18.2. The molecule has 2 fully saturated rings. The van der Waals surface area contributed by atoms with E-state index in [0.29, 0.717) is 23.2 Å². The van der Waals surface area contributed by atoms with Crippen LogP contribution < -0.4 is 20.3 Å². The van der Waals surface area contributed by atoms with Crippen LogP contribution in [0.25, 0.3) is 11.3 Å². The Morgan fingerprint density at radius 1 is 1.03 bits per heavy atom. The first-order valence-corrected chi connectivity index (χ1v) is 11.8. The summed E-state index contributed by atoms with van der Waals surface area (Å²) >= 11 is 0. The van der Waals surface area contributed by atoms with Gasteiger partial charge in [-0.3, -0.25) is 0 Å². The Labute approximate surface area is 199 Å². The number of pyridine rings is 1. The van der Waals surface area contributed by atoms with Crippen molar-refractivity contribution in [3.63, 3.8) is 0 Å². The molecule has 0 atom stereocenters. The van der Waals surface area contributed by atoms with Crippen LogP contribution in [0.15, 0.2) is 48.8 Å². The first kappa shape index (κ1) is 22.4. The Balaban J connectivity index is 1.25. The molecular formula is C25H31N7O2. The number of piperidine rings is 1. The van der Waals surface area contributed by atoms with Crippen LogP contribution in [-0.4, -0.2) is 77.4 Å². The van der Waals surface area contributed by atoms with Gasteiger partial charge in [-0.25, -0.2) is 15.0 Å². The summed E-state index contributed by atoms with van der Waals surface area (Å²) in [5, 5.41) is 17.0. The summed E-state index contributed by atoms with van der Waals surface area (Å²) in [5.74, 6) is 1.76. The monoisotopic (exact) mass is 461 g/mol. The molecule has 3 aromatic rings. The van der Waals surface area contributed by atoms with Gasteiger partial charge in [0.15, 0.2) is 11.5 Å². The van der Waals surface area contributed by atoms with Gasteiger partial charge in [-0.05, 0) is 69.4 Å². The van der Waals surface area contributed by atoms with E-state index in [1.807, 2.05) is 24.4 Å². The quantitative estimate of drug-likeness (QED) is 0.512. The van der Waals surface area contributed by atoms with Gasteiger partial charge in [-0.15, -0.1) is 0 Å². The predicted octanol–water partition coefficient (Wildman–Crippen LogP) is 2.87. The predicted molar refractivity (Wildman–Crippen MR) is 133 cm³/mol. The van der Waals surface area contributed by atoms with E-state index >= 15 is 0 Å². The topological polar surface area (TPSA) is 98.7 Å². The fourth-order valence-corrected chi connectivity index (χ4v) is 4.28. The number of hydrogen-bond donors (Lipinski definition) is 3. The Kier molecular flexibility index (Phi) is 6.73. The Morgan fingerprint density at radius 2 is 1.85 bits per heavy atom. The number of aromatic hydroxyl groups is 1. The van der Waals surface area contributed by atoms with E-state index in [4.69, 9.17) is 4.74 Å². The summed E-state index contributed by atoms with van der Waals surface area (Å²) in [6.07, 6.45) is 5.58. The number of benzene rings is 1. The first-order valence-electron chi connectivity index (χ1n) is 11.8. The Morgan fingerprint density at radius 3 is 2.59 bits per heavy atom. The van der Waals surface area contributed by atoms with E-state index in [1.54, 1.807) is 18.3 Å². The van der Waals surface area contributed by atoms with Crippen LogP contribution >= 0.6 is 0 Å². The lowest BCUT2D eigenvalue weighted by molar-refractivity contribution is 0.157. The molecule has 2 saturated heterocycles. The Bertz CT molecular complexity index is 1090. The maximum Gasteiger partial charge on any atom is 0.228 e. The lowest BCUT2D eigenvalue weighted by Gasteiger charge is -2.33. The van der Waals surface area contributed by atoms with Crippen molar-refractivity contribution in [3.05, 3.63) is 48.8 Å². The van der Waals surface area contributed by atoms with Gasteiger partial charge < -0.3 is 30.3 Å². The van der Waals surface area contributed by atoms with Crippen molar-refractivity contribution in [2.24, 2.45) is 0 Å². The van der Waals surface area contributed by atoms with E-state index < -0.39 is 0 Å². The van der Waals surface area contributed by atoms with Gasteiger partial charge in [0.25, 0.3) is 0 Å². The van der Waals surface area contributed by atoms with Gasteiger partial charge in [0.1, 0.15) is 11.9 Å². The summed E-state index contributed by atoms with van der Waals surface area (Å²) in [6, 6.07) is 11.2. The number of piperazine rings is 1. The molecule has 0 spiro atoms. The fourth-order valence-electron chi connectivity index (χ4n) is 4.28. The summed E-state index contributed by atoms with van der Waals surface area (Å²) in [7, 11) is 2.15. The minimum absolute atomic E-state index is 0.116. The van der Waals surface area contributed by atoms with E-state index in [2.05, 4.69) is 48.5 Å². The molecule has 34 heavy (non-hydrogen) atoms. The molecule has 0 amide bonds. The van der Waals surface area contributed by atoms with Gasteiger partial charge in [0.2, 0.25) is 5.95 Å². The maximum atomic E-state index is 10.5. The second-order valence-corrected chi connectivity index (χ2v) is 8.83. The second kappa shape index (κ2) is 10.2. The Hall–Kier alpha value is -3.43. The number of phenolic OH excluding ortho intramolecular Hbond substituents is 1. The van der Waals surface area contributed by atoms with Crippen LogP contribution in [0.2, 0.25) is 0 Å². The number of anilines is 3. The molecule has 178 valence electrons. The molecular weight excluding hydrogens is 430 g/mol. The van der Waals surface area contributed by atoms with Crippen molar-refractivity contribution in [1.82, 2.24) is 25.2 Å². The number of hydrogen-bond acceptors (Lipinski definition) is 9. The summed E-state index contributed by atoms with van der Waals surface area (Å²) in [6.45, 7) is 6.00. The van der Waals surface area contributed by atoms with E-state index in [0.717, 1.165) is 63.4 Å². The van der Waals surface area contributed by atoms with Gasteiger partial charge in [-0.2, -0.15) is 0 Å². The van der Waals surface area contributed by atoms with E-state index in [9.17, 15) is 5.11 Å². The minimum atomic E-state index is 0.116. The molecule has 3 N–H and O–H groups in total. The molecule has 9 heteroatoms. The zero-order valence-corrected chi connectivity index (χ0v) is 19.4. The largest absolute Gasteiger partial charge is 0.504 e. The van der Waals surface area contributed by atoms with Crippen molar-refractivity contribution in [2.45, 2.75) is 18.9 Å². The molecule has 4 heterocycles. The van der Waals surface area contributed by atoms with Gasteiger partial charge in [0, 0.05) is 37.9 Å². The van der Waals surface area contributed by atoms with Gasteiger partial charge in [-0.1, -0.05) is 0 Å². The fraction of sp³-hybridized carbons (Fsp3) is 0.400. The van der Waals surface area contributed by atoms with Gasteiger partial charge >= 0.3 is 0 Å². The van der Waals surface area contributed by atoms with Crippen LogP contribution in [0, 0.1) is 0 Å². The highest BCUT2D eigenvalue weighted by Gasteiger charge is 2.17. The van der Waals surface area contributed by atoms with Crippen LogP contribution in [0.3, 0.4) is 0 Å². The normalized spacial score (nSPS) is 17.5. The number of aromatic nitrogens is 3. The highest BCUT2D eigenvalue weighted by Crippen LogP contribution is 2.32. The van der Waals surface area contributed by atoms with E-state index in [1.165, 1.54) is 0 Å². The first-order chi connectivity index (χ1) is 16.6. The zero-order chi connectivity index (χ0) is 23.3. The smallest absolute Gasteiger partial charge is 0.228 e.